The number of hydrogen-bond acceptors (Lipinski definition) is 2. The first-order valence-electron chi connectivity index (χ1n) is 6.92. The molecule has 2 atom stereocenters. The lowest BCUT2D eigenvalue weighted by Crippen LogP contribution is -2.46. The van der Waals surface area contributed by atoms with Gasteiger partial charge in [-0.1, -0.05) is 37.3 Å². The zero-order valence-corrected chi connectivity index (χ0v) is 11.4. The summed E-state index contributed by atoms with van der Waals surface area (Å²) in [5, 5.41) is 12.8. The maximum Gasteiger partial charge on any atom is 0.317 e. The lowest BCUT2D eigenvalue weighted by Gasteiger charge is -2.31. The fraction of sp³-hybridized carbons (Fsp3) is 0.533. The van der Waals surface area contributed by atoms with Crippen LogP contribution in [0, 0.1) is 5.92 Å². The fourth-order valence-electron chi connectivity index (χ4n) is 2.46. The largest absolute Gasteiger partial charge is 0.387 e. The summed E-state index contributed by atoms with van der Waals surface area (Å²) in [6.45, 7) is 4.05. The third-order valence-electron chi connectivity index (χ3n) is 3.58. The molecule has 1 aliphatic heterocycles. The van der Waals surface area contributed by atoms with Crippen LogP contribution in [0.5, 0.6) is 0 Å². The molecule has 1 fully saturated rings. The third kappa shape index (κ3) is 3.96. The number of amides is 2. The Hall–Kier alpha value is -1.55. The zero-order chi connectivity index (χ0) is 13.7. The predicted octanol–water partition coefficient (Wildman–Crippen LogP) is 2.16. The second-order valence-electron chi connectivity index (χ2n) is 5.31. The molecule has 0 radical (unpaired) electrons. The molecule has 0 aromatic heterocycles. The van der Waals surface area contributed by atoms with Crippen LogP contribution in [0.4, 0.5) is 4.79 Å². The maximum absolute atomic E-state index is 12.0. The van der Waals surface area contributed by atoms with Gasteiger partial charge in [0.05, 0.1) is 6.10 Å². The summed E-state index contributed by atoms with van der Waals surface area (Å²) in [6.07, 6.45) is 1.61. The predicted molar refractivity (Wildman–Crippen MR) is 74.8 cm³/mol. The van der Waals surface area contributed by atoms with Gasteiger partial charge in [-0.05, 0) is 24.3 Å². The highest BCUT2D eigenvalue weighted by molar-refractivity contribution is 5.74. The van der Waals surface area contributed by atoms with Crippen LogP contribution in [0.25, 0.3) is 0 Å². The highest BCUT2D eigenvalue weighted by atomic mass is 16.3. The van der Waals surface area contributed by atoms with Gasteiger partial charge in [0.25, 0.3) is 0 Å². The molecule has 0 spiro atoms. The standard InChI is InChI=1S/C15H22N2O2/c1-12-6-5-9-17(11-12)15(19)16-10-14(18)13-7-3-2-4-8-13/h2-4,7-8,12,14,18H,5-6,9-11H2,1H3,(H,16,19). The highest BCUT2D eigenvalue weighted by Crippen LogP contribution is 2.16. The number of aliphatic hydroxyl groups excluding tert-OH is 1. The van der Waals surface area contributed by atoms with E-state index in [-0.39, 0.29) is 12.6 Å². The van der Waals surface area contributed by atoms with Crippen LogP contribution in [0.1, 0.15) is 31.4 Å². The van der Waals surface area contributed by atoms with Crippen molar-refractivity contribution in [1.82, 2.24) is 10.2 Å². The van der Waals surface area contributed by atoms with E-state index in [1.807, 2.05) is 35.2 Å². The van der Waals surface area contributed by atoms with Crippen LogP contribution in [0.2, 0.25) is 0 Å². The number of nitrogens with zero attached hydrogens (tertiary/aromatic N) is 1. The number of piperidine rings is 1. The van der Waals surface area contributed by atoms with Gasteiger partial charge in [-0.25, -0.2) is 4.79 Å². The Morgan fingerprint density at radius 2 is 2.21 bits per heavy atom. The van der Waals surface area contributed by atoms with E-state index in [9.17, 15) is 9.90 Å². The molecule has 2 unspecified atom stereocenters. The quantitative estimate of drug-likeness (QED) is 0.877. The van der Waals surface area contributed by atoms with E-state index in [1.54, 1.807) is 0 Å². The van der Waals surface area contributed by atoms with Crippen LogP contribution < -0.4 is 5.32 Å². The van der Waals surface area contributed by atoms with Crippen LogP contribution in [0.3, 0.4) is 0 Å². The van der Waals surface area contributed by atoms with Gasteiger partial charge in [0.1, 0.15) is 0 Å². The molecule has 4 heteroatoms. The first-order valence-corrected chi connectivity index (χ1v) is 6.92. The van der Waals surface area contributed by atoms with E-state index < -0.39 is 6.10 Å². The van der Waals surface area contributed by atoms with Crippen LogP contribution in [-0.2, 0) is 0 Å². The second-order valence-corrected chi connectivity index (χ2v) is 5.31. The smallest absolute Gasteiger partial charge is 0.317 e. The summed E-state index contributed by atoms with van der Waals surface area (Å²) in [5.74, 6) is 0.568. The molecule has 104 valence electrons. The topological polar surface area (TPSA) is 52.6 Å². The van der Waals surface area contributed by atoms with Gasteiger partial charge in [-0.15, -0.1) is 0 Å². The molecule has 0 aliphatic carbocycles. The van der Waals surface area contributed by atoms with Crippen molar-refractivity contribution in [3.05, 3.63) is 35.9 Å². The van der Waals surface area contributed by atoms with Gasteiger partial charge >= 0.3 is 6.03 Å². The van der Waals surface area contributed by atoms with Crippen LogP contribution >= 0.6 is 0 Å². The summed E-state index contributed by atoms with van der Waals surface area (Å²) in [5.41, 5.74) is 0.829. The SMILES string of the molecule is CC1CCCN(C(=O)NCC(O)c2ccccc2)C1. The molecule has 2 N–H and O–H groups in total. The number of aliphatic hydroxyl groups is 1. The van der Waals surface area contributed by atoms with E-state index in [4.69, 9.17) is 0 Å². The van der Waals surface area contributed by atoms with Gasteiger partial charge < -0.3 is 15.3 Å². The number of likely N-dealkylation sites (tertiary alicyclic amines) is 1. The minimum absolute atomic E-state index is 0.0680. The summed E-state index contributed by atoms with van der Waals surface area (Å²) < 4.78 is 0. The molecule has 2 rings (SSSR count). The molecule has 1 aromatic carbocycles. The lowest BCUT2D eigenvalue weighted by atomic mass is 10.0. The first-order chi connectivity index (χ1) is 9.16. The fourth-order valence-corrected chi connectivity index (χ4v) is 2.46. The lowest BCUT2D eigenvalue weighted by molar-refractivity contribution is 0.149. The molecular formula is C15H22N2O2. The van der Waals surface area contributed by atoms with E-state index in [1.165, 1.54) is 6.42 Å². The maximum atomic E-state index is 12.0. The molecule has 0 saturated carbocycles. The normalized spacial score (nSPS) is 20.9. The third-order valence-corrected chi connectivity index (χ3v) is 3.58. The zero-order valence-electron chi connectivity index (χ0n) is 11.4. The van der Waals surface area contributed by atoms with E-state index in [0.717, 1.165) is 25.1 Å². The first kappa shape index (κ1) is 13.9. The second kappa shape index (κ2) is 6.57. The van der Waals surface area contributed by atoms with Crippen molar-refractivity contribution in [1.29, 1.82) is 0 Å². The van der Waals surface area contributed by atoms with E-state index in [2.05, 4.69) is 12.2 Å². The molecule has 1 heterocycles. The number of nitrogens with one attached hydrogen (secondary N) is 1. The van der Waals surface area contributed by atoms with Gasteiger partial charge in [0, 0.05) is 19.6 Å². The van der Waals surface area contributed by atoms with Crippen molar-refractivity contribution >= 4 is 6.03 Å². The number of benzene rings is 1. The molecule has 1 aromatic rings. The molecule has 1 saturated heterocycles. The van der Waals surface area contributed by atoms with Crippen molar-refractivity contribution in [2.75, 3.05) is 19.6 Å². The van der Waals surface area contributed by atoms with Gasteiger partial charge in [-0.2, -0.15) is 0 Å². The van der Waals surface area contributed by atoms with Crippen LogP contribution in [-0.4, -0.2) is 35.7 Å². The number of carbonyl (C=O) groups is 1. The van der Waals surface area contributed by atoms with Gasteiger partial charge in [-0.3, -0.25) is 0 Å². The van der Waals surface area contributed by atoms with E-state index >= 15 is 0 Å². The molecule has 19 heavy (non-hydrogen) atoms. The Balaban J connectivity index is 1.80. The molecule has 2 amide bonds. The monoisotopic (exact) mass is 262 g/mol. The number of carbonyl (C=O) groups excluding carboxylic acids is 1. The minimum Gasteiger partial charge on any atom is -0.387 e. The average Bonchev–Trinajstić information content (AvgIpc) is 2.45. The minimum atomic E-state index is -0.646. The molecular weight excluding hydrogens is 240 g/mol. The summed E-state index contributed by atoms with van der Waals surface area (Å²) >= 11 is 0. The Morgan fingerprint density at radius 3 is 2.89 bits per heavy atom. The Morgan fingerprint density at radius 1 is 1.47 bits per heavy atom. The summed E-state index contributed by atoms with van der Waals surface area (Å²) in [6, 6.07) is 9.32. The van der Waals surface area contributed by atoms with Crippen molar-refractivity contribution in [3.8, 4) is 0 Å². The van der Waals surface area contributed by atoms with Crippen molar-refractivity contribution < 1.29 is 9.90 Å². The number of rotatable bonds is 3. The molecule has 1 aliphatic rings. The van der Waals surface area contributed by atoms with Gasteiger partial charge in [0.15, 0.2) is 0 Å². The number of hydrogen-bond donors (Lipinski definition) is 2. The average molecular weight is 262 g/mol. The summed E-state index contributed by atoms with van der Waals surface area (Å²) in [7, 11) is 0. The van der Waals surface area contributed by atoms with E-state index in [0.29, 0.717) is 5.92 Å². The Kier molecular flexibility index (Phi) is 4.80. The highest BCUT2D eigenvalue weighted by Gasteiger charge is 2.21. The molecule has 4 nitrogen and oxygen atoms in total. The van der Waals surface area contributed by atoms with Crippen LogP contribution in [0.15, 0.2) is 30.3 Å². The Labute approximate surface area is 114 Å². The molecule has 0 bridgehead atoms. The van der Waals surface area contributed by atoms with Crippen molar-refractivity contribution in [3.63, 3.8) is 0 Å². The number of urea groups is 1. The Bertz CT molecular complexity index is 408. The van der Waals surface area contributed by atoms with Crippen molar-refractivity contribution in [2.45, 2.75) is 25.9 Å². The van der Waals surface area contributed by atoms with Crippen molar-refractivity contribution in [2.24, 2.45) is 5.92 Å². The summed E-state index contributed by atoms with van der Waals surface area (Å²) in [4.78, 5) is 13.8. The van der Waals surface area contributed by atoms with Gasteiger partial charge in [0.2, 0.25) is 0 Å².